The molecule has 0 unspecified atom stereocenters. The first-order valence-corrected chi connectivity index (χ1v) is 11.3. The van der Waals surface area contributed by atoms with E-state index >= 15 is 0 Å². The van der Waals surface area contributed by atoms with Gasteiger partial charge in [0.25, 0.3) is 5.91 Å². The van der Waals surface area contributed by atoms with E-state index in [0.717, 1.165) is 21.9 Å². The van der Waals surface area contributed by atoms with Gasteiger partial charge in [0.05, 0.1) is 6.04 Å². The van der Waals surface area contributed by atoms with Crippen LogP contribution in [-0.4, -0.2) is 65.8 Å². The maximum absolute atomic E-state index is 12.6. The van der Waals surface area contributed by atoms with E-state index in [2.05, 4.69) is 10.00 Å². The normalized spacial score (nSPS) is 16.2. The fraction of sp³-hybridized carbons (Fsp3) is 0.591. The van der Waals surface area contributed by atoms with Crippen molar-refractivity contribution in [3.05, 3.63) is 34.6 Å². The van der Waals surface area contributed by atoms with Gasteiger partial charge in [-0.05, 0) is 39.1 Å². The molecule has 0 spiro atoms. The van der Waals surface area contributed by atoms with Gasteiger partial charge in [-0.15, -0.1) is 0 Å². The van der Waals surface area contributed by atoms with Gasteiger partial charge in [-0.25, -0.2) is 4.68 Å². The number of carbonyl (C=O) groups excluding carboxylic acids is 1. The Morgan fingerprint density at radius 2 is 1.76 bits per heavy atom. The summed E-state index contributed by atoms with van der Waals surface area (Å²) < 4.78 is 1.89. The largest absolute Gasteiger partial charge is 0.340 e. The highest BCUT2D eigenvalue weighted by atomic mass is 32.1. The molecule has 1 fully saturated rings. The summed E-state index contributed by atoms with van der Waals surface area (Å²) in [4.78, 5) is 22.4. The summed E-state index contributed by atoms with van der Waals surface area (Å²) in [6.07, 6.45) is 7.60. The molecule has 3 rings (SSSR count). The summed E-state index contributed by atoms with van der Waals surface area (Å²) in [5.41, 5.74) is 1.74. The third-order valence-corrected chi connectivity index (χ3v) is 6.49. The van der Waals surface area contributed by atoms with Crippen molar-refractivity contribution in [2.45, 2.75) is 44.6 Å². The molecule has 1 amide bonds. The molecule has 7 heteroatoms. The van der Waals surface area contributed by atoms with E-state index < -0.39 is 0 Å². The minimum absolute atomic E-state index is 0.0483. The van der Waals surface area contributed by atoms with E-state index in [0.29, 0.717) is 18.2 Å². The number of hydrogen-bond donors (Lipinski definition) is 0. The van der Waals surface area contributed by atoms with Crippen molar-refractivity contribution in [1.29, 1.82) is 0 Å². The molecule has 0 saturated heterocycles. The lowest BCUT2D eigenvalue weighted by Crippen LogP contribution is -2.33. The predicted octanol–water partition coefficient (Wildman–Crippen LogP) is 3.41. The fourth-order valence-electron chi connectivity index (χ4n) is 3.55. The average Bonchev–Trinajstić information content (AvgIpc) is 2.91. The lowest BCUT2D eigenvalue weighted by atomic mass is 10.1. The van der Waals surface area contributed by atoms with Gasteiger partial charge in [-0.3, -0.25) is 9.79 Å². The number of carbonyl (C=O) groups is 1. The zero-order valence-corrected chi connectivity index (χ0v) is 18.9. The number of nitrogens with zero attached hydrogens (tertiary/aromatic N) is 5. The Morgan fingerprint density at radius 3 is 2.38 bits per heavy atom. The Labute approximate surface area is 177 Å². The third kappa shape index (κ3) is 6.00. The van der Waals surface area contributed by atoms with Crippen LogP contribution in [0.1, 0.15) is 48.9 Å². The van der Waals surface area contributed by atoms with Gasteiger partial charge in [-0.2, -0.15) is 5.10 Å². The molecule has 1 aromatic heterocycles. The van der Waals surface area contributed by atoms with Crippen LogP contribution in [0.15, 0.2) is 29.3 Å². The van der Waals surface area contributed by atoms with Crippen molar-refractivity contribution < 1.29 is 4.79 Å². The third-order valence-electron chi connectivity index (χ3n) is 5.43. The molecule has 0 atom stereocenters. The van der Waals surface area contributed by atoms with Gasteiger partial charge >= 0.3 is 0 Å². The average molecular weight is 416 g/mol. The first-order chi connectivity index (χ1) is 13.9. The Bertz CT molecular complexity index is 860. The minimum atomic E-state index is 0.0483. The number of amides is 1. The fourth-order valence-corrected chi connectivity index (χ4v) is 4.51. The Balaban J connectivity index is 1.72. The van der Waals surface area contributed by atoms with Crippen LogP contribution in [0.3, 0.4) is 0 Å². The second-order valence-corrected chi connectivity index (χ2v) is 9.15. The highest BCUT2D eigenvalue weighted by molar-refractivity contribution is 7.12. The standard InChI is InChI=1S/C22H33N5OS/c1-25(2)15-16-26(3)21(28)18-13-11-17(12-14-18)20-24-27(4)22(29-20)23-19-9-7-5-6-8-10-19/h11-14,19H,5-10,15-16H2,1-4H3. The molecule has 1 saturated carbocycles. The van der Waals surface area contributed by atoms with Crippen molar-refractivity contribution >= 4 is 17.2 Å². The van der Waals surface area contributed by atoms with Crippen LogP contribution in [0.25, 0.3) is 10.6 Å². The predicted molar refractivity (Wildman–Crippen MR) is 119 cm³/mol. The SMILES string of the molecule is CN(C)CCN(C)C(=O)c1ccc(-c2nn(C)c(=NC3CCCCCC3)s2)cc1. The van der Waals surface area contributed by atoms with E-state index in [1.54, 1.807) is 16.2 Å². The van der Waals surface area contributed by atoms with Crippen LogP contribution < -0.4 is 4.80 Å². The van der Waals surface area contributed by atoms with Gasteiger partial charge in [0.1, 0.15) is 5.01 Å². The summed E-state index contributed by atoms with van der Waals surface area (Å²) >= 11 is 1.63. The summed E-state index contributed by atoms with van der Waals surface area (Å²) in [7, 11) is 7.84. The first-order valence-electron chi connectivity index (χ1n) is 10.5. The molecule has 2 aromatic rings. The molecule has 158 valence electrons. The molecule has 0 N–H and O–H groups in total. The summed E-state index contributed by atoms with van der Waals surface area (Å²) in [5, 5.41) is 5.61. The summed E-state index contributed by atoms with van der Waals surface area (Å²) in [5.74, 6) is 0.0483. The lowest BCUT2D eigenvalue weighted by molar-refractivity contribution is 0.0786. The molecule has 1 heterocycles. The van der Waals surface area contributed by atoms with Crippen LogP contribution in [0, 0.1) is 0 Å². The molecular formula is C22H33N5OS. The molecule has 1 aromatic carbocycles. The quantitative estimate of drug-likeness (QED) is 0.680. The van der Waals surface area contributed by atoms with Gasteiger partial charge in [0.2, 0.25) is 4.80 Å². The second kappa shape index (κ2) is 10.2. The van der Waals surface area contributed by atoms with Crippen LogP contribution in [0.5, 0.6) is 0 Å². The number of rotatable bonds is 6. The van der Waals surface area contributed by atoms with Crippen molar-refractivity contribution in [3.63, 3.8) is 0 Å². The summed E-state index contributed by atoms with van der Waals surface area (Å²) in [6, 6.07) is 8.19. The summed E-state index contributed by atoms with van der Waals surface area (Å²) in [6.45, 7) is 1.56. The number of likely N-dealkylation sites (N-methyl/N-ethyl adjacent to an activating group) is 2. The zero-order valence-electron chi connectivity index (χ0n) is 18.1. The highest BCUT2D eigenvalue weighted by Crippen LogP contribution is 2.22. The Hall–Kier alpha value is -1.99. The first kappa shape index (κ1) is 21.7. The highest BCUT2D eigenvalue weighted by Gasteiger charge is 2.14. The van der Waals surface area contributed by atoms with E-state index in [1.165, 1.54) is 38.5 Å². The second-order valence-electron chi connectivity index (χ2n) is 8.20. The molecule has 0 radical (unpaired) electrons. The number of hydrogen-bond acceptors (Lipinski definition) is 5. The van der Waals surface area contributed by atoms with Crippen molar-refractivity contribution in [1.82, 2.24) is 19.6 Å². The van der Waals surface area contributed by atoms with E-state index in [4.69, 9.17) is 4.99 Å². The smallest absolute Gasteiger partial charge is 0.253 e. The molecule has 6 nitrogen and oxygen atoms in total. The van der Waals surface area contributed by atoms with Gasteiger partial charge < -0.3 is 9.80 Å². The van der Waals surface area contributed by atoms with Crippen LogP contribution in [0.4, 0.5) is 0 Å². The molecule has 0 aliphatic heterocycles. The van der Waals surface area contributed by atoms with Gasteiger partial charge in [0.15, 0.2) is 0 Å². The lowest BCUT2D eigenvalue weighted by Gasteiger charge is -2.19. The van der Waals surface area contributed by atoms with Crippen molar-refractivity contribution in [2.75, 3.05) is 34.2 Å². The monoisotopic (exact) mass is 415 g/mol. The van der Waals surface area contributed by atoms with E-state index in [-0.39, 0.29) is 5.91 Å². The van der Waals surface area contributed by atoms with Crippen molar-refractivity contribution in [3.8, 4) is 10.6 Å². The number of benzene rings is 1. The topological polar surface area (TPSA) is 53.7 Å². The minimum Gasteiger partial charge on any atom is -0.340 e. The number of aryl methyl sites for hydroxylation is 1. The molecular weight excluding hydrogens is 382 g/mol. The molecule has 0 bridgehead atoms. The van der Waals surface area contributed by atoms with Crippen LogP contribution >= 0.6 is 11.3 Å². The Morgan fingerprint density at radius 1 is 1.10 bits per heavy atom. The maximum atomic E-state index is 12.6. The van der Waals surface area contributed by atoms with Gasteiger partial charge in [-0.1, -0.05) is 49.2 Å². The van der Waals surface area contributed by atoms with Crippen LogP contribution in [0.2, 0.25) is 0 Å². The van der Waals surface area contributed by atoms with E-state index in [1.807, 2.05) is 57.1 Å². The molecule has 1 aliphatic rings. The maximum Gasteiger partial charge on any atom is 0.253 e. The van der Waals surface area contributed by atoms with E-state index in [9.17, 15) is 4.79 Å². The van der Waals surface area contributed by atoms with Crippen molar-refractivity contribution in [2.24, 2.45) is 12.0 Å². The molecule has 29 heavy (non-hydrogen) atoms. The molecule has 1 aliphatic carbocycles. The van der Waals surface area contributed by atoms with Crippen LogP contribution in [-0.2, 0) is 7.05 Å². The zero-order chi connectivity index (χ0) is 20.8. The Kier molecular flexibility index (Phi) is 7.61. The number of aromatic nitrogens is 2. The van der Waals surface area contributed by atoms with Gasteiger partial charge in [0, 0.05) is 38.3 Å².